The van der Waals surface area contributed by atoms with E-state index < -0.39 is 18.7 Å². The summed E-state index contributed by atoms with van der Waals surface area (Å²) in [4.78, 5) is 8.84. The van der Waals surface area contributed by atoms with E-state index in [1.807, 2.05) is 6.92 Å². The Balaban J connectivity index is 1.70. The van der Waals surface area contributed by atoms with Gasteiger partial charge in [-0.15, -0.1) is 5.10 Å². The molecule has 0 aromatic carbocycles. The molecule has 1 saturated carbocycles. The van der Waals surface area contributed by atoms with E-state index in [4.69, 9.17) is 13.6 Å². The van der Waals surface area contributed by atoms with Gasteiger partial charge in [-0.3, -0.25) is 4.68 Å². The Morgan fingerprint density at radius 3 is 3.03 bits per heavy atom. The highest BCUT2D eigenvalue weighted by Gasteiger charge is 2.43. The van der Waals surface area contributed by atoms with E-state index in [1.54, 1.807) is 30.9 Å². The average molecular weight is 414 g/mol. The summed E-state index contributed by atoms with van der Waals surface area (Å²) in [5.41, 5.74) is 0.188. The molecule has 0 unspecified atom stereocenters. The molecule has 30 heavy (non-hydrogen) atoms. The first kappa shape index (κ1) is 16.6. The summed E-state index contributed by atoms with van der Waals surface area (Å²) >= 11 is 0. The maximum Gasteiger partial charge on any atom is 0.257 e. The van der Waals surface area contributed by atoms with Crippen molar-refractivity contribution in [2.45, 2.75) is 44.4 Å². The molecule has 10 heteroatoms. The number of aromatic nitrogens is 5. The number of fused-ring (bicyclic) bond motifs is 1. The third kappa shape index (κ3) is 3.58. The van der Waals surface area contributed by atoms with Gasteiger partial charge in [-0.2, -0.15) is 10.2 Å². The van der Waals surface area contributed by atoms with Crippen molar-refractivity contribution in [1.29, 1.82) is 5.26 Å². The van der Waals surface area contributed by atoms with E-state index in [0.717, 1.165) is 4.68 Å². The minimum Gasteiger partial charge on any atom is -0.469 e. The maximum atomic E-state index is 10.3. The van der Waals surface area contributed by atoms with Gasteiger partial charge in [0.1, 0.15) is 29.2 Å². The van der Waals surface area contributed by atoms with Crippen molar-refractivity contribution in [3.05, 3.63) is 24.2 Å². The number of ether oxygens (including phenoxy) is 2. The summed E-state index contributed by atoms with van der Waals surface area (Å²) in [6.45, 7) is 1.44. The number of nitriles is 1. The Morgan fingerprint density at radius 1 is 1.57 bits per heavy atom. The minimum atomic E-state index is -2.52. The smallest absolute Gasteiger partial charge is 0.257 e. The monoisotopic (exact) mass is 414 g/mol. The molecule has 3 aromatic heterocycles. The fourth-order valence-electron chi connectivity index (χ4n) is 3.57. The van der Waals surface area contributed by atoms with Gasteiger partial charge >= 0.3 is 0 Å². The lowest BCUT2D eigenvalue weighted by molar-refractivity contribution is -0.119. The highest BCUT2D eigenvalue weighted by molar-refractivity contribution is 5.79. The lowest BCUT2D eigenvalue weighted by atomic mass is 9.79. The summed E-state index contributed by atoms with van der Waals surface area (Å²) < 4.78 is 36.6. The maximum absolute atomic E-state index is 10.3. The number of nitrogens with one attached hydrogen (secondary N) is 1. The van der Waals surface area contributed by atoms with E-state index in [-0.39, 0.29) is 23.6 Å². The first-order valence-corrected chi connectivity index (χ1v) is 9.56. The average Bonchev–Trinajstić information content (AvgIpc) is 3.32. The predicted octanol–water partition coefficient (Wildman–Crippen LogP) is 2.28. The van der Waals surface area contributed by atoms with Crippen molar-refractivity contribution in [2.75, 3.05) is 19.0 Å². The largest absolute Gasteiger partial charge is 0.469 e. The van der Waals surface area contributed by atoms with Crippen LogP contribution in [0, 0.1) is 11.3 Å². The highest BCUT2D eigenvalue weighted by atomic mass is 16.5. The van der Waals surface area contributed by atoms with Crippen molar-refractivity contribution in [3.63, 3.8) is 0 Å². The van der Waals surface area contributed by atoms with Crippen LogP contribution >= 0.6 is 0 Å². The quantitative estimate of drug-likeness (QED) is 0.604. The van der Waals surface area contributed by atoms with E-state index in [1.165, 1.54) is 6.20 Å². The fourth-order valence-corrected chi connectivity index (χ4v) is 3.57. The van der Waals surface area contributed by atoms with Crippen LogP contribution in [0.3, 0.4) is 0 Å². The molecular weight excluding hydrogens is 386 g/mol. The summed E-state index contributed by atoms with van der Waals surface area (Å²) in [6, 6.07) is 3.71. The van der Waals surface area contributed by atoms with E-state index in [0.29, 0.717) is 36.2 Å². The molecule has 3 atom stereocenters. The first-order valence-electron chi connectivity index (χ1n) is 11.1. The van der Waals surface area contributed by atoms with Crippen molar-refractivity contribution in [2.24, 2.45) is 6.98 Å². The van der Waals surface area contributed by atoms with Crippen LogP contribution in [-0.2, 0) is 11.7 Å². The Hall–Kier alpha value is -3.16. The van der Waals surface area contributed by atoms with Crippen molar-refractivity contribution < 1.29 is 18.7 Å². The normalized spacial score (nSPS) is 23.7. The molecule has 3 aromatic rings. The van der Waals surface area contributed by atoms with Crippen LogP contribution in [-0.4, -0.2) is 54.8 Å². The molecule has 2 N–H and O–H groups in total. The number of aryl methyl sites for hydroxylation is 1. The summed E-state index contributed by atoms with van der Waals surface area (Å²) in [5.74, 6) is 0.201. The van der Waals surface area contributed by atoms with Crippen molar-refractivity contribution >= 4 is 22.7 Å². The van der Waals surface area contributed by atoms with Gasteiger partial charge in [0.2, 0.25) is 5.95 Å². The number of hydrogen-bond donors (Lipinski definition) is 2. The molecular formula is C20H25N7O3. The van der Waals surface area contributed by atoms with Gasteiger partial charge in [-0.05, 0) is 32.8 Å². The third-order valence-corrected chi connectivity index (χ3v) is 5.33. The van der Waals surface area contributed by atoms with Crippen LogP contribution in [0.1, 0.15) is 42.5 Å². The van der Waals surface area contributed by atoms with Gasteiger partial charge in [0.15, 0.2) is 0 Å². The fraction of sp³-hybridized carbons (Fsp3) is 0.500. The second kappa shape index (κ2) is 7.59. The molecule has 0 bridgehead atoms. The molecule has 0 aliphatic heterocycles. The van der Waals surface area contributed by atoms with E-state index in [2.05, 4.69) is 26.5 Å². The molecule has 0 amide bonds. The Morgan fingerprint density at radius 2 is 2.40 bits per heavy atom. The number of anilines is 2. The van der Waals surface area contributed by atoms with Gasteiger partial charge in [0.05, 0.1) is 24.4 Å². The topological polar surface area (TPSA) is 123 Å². The molecule has 0 radical (unpaired) electrons. The predicted molar refractivity (Wildman–Crippen MR) is 110 cm³/mol. The Bertz CT molecular complexity index is 1210. The van der Waals surface area contributed by atoms with Gasteiger partial charge in [-0.1, -0.05) is 0 Å². The van der Waals surface area contributed by atoms with E-state index in [9.17, 15) is 10.4 Å². The molecule has 158 valence electrons. The molecule has 1 aliphatic carbocycles. The summed E-state index contributed by atoms with van der Waals surface area (Å²) in [6.07, 6.45) is 3.56. The molecule has 4 rings (SSSR count). The lowest BCUT2D eigenvalue weighted by Crippen LogP contribution is -2.52. The van der Waals surface area contributed by atoms with Gasteiger partial charge in [0.25, 0.3) is 5.88 Å². The highest BCUT2D eigenvalue weighted by Crippen LogP contribution is 2.37. The first-order chi connectivity index (χ1) is 15.5. The van der Waals surface area contributed by atoms with E-state index >= 15 is 0 Å². The van der Waals surface area contributed by atoms with Crippen LogP contribution in [0.2, 0.25) is 0 Å². The standard InChI is InChI=1S/C20H25N7O3/c1-12(11-29-4)27-14(8-21)7-13-9-22-19(24-17(13)27)23-15-10-26(3)25-18(15)30-16-5-6-20(16,2)28/h7,9-10,12,16,28H,5-6,11H2,1-4H3,(H,22,23,24)/t12-,16+,20-/m0/s1/i3D3. The van der Waals surface area contributed by atoms with Crippen LogP contribution in [0.15, 0.2) is 18.5 Å². The Labute approximate surface area is 178 Å². The summed E-state index contributed by atoms with van der Waals surface area (Å²) in [7, 11) is 1.58. The molecule has 3 heterocycles. The van der Waals surface area contributed by atoms with Gasteiger partial charge in [0, 0.05) is 29.8 Å². The zero-order valence-corrected chi connectivity index (χ0v) is 17.0. The summed E-state index contributed by atoms with van der Waals surface area (Å²) in [5, 5.41) is 27.5. The van der Waals surface area contributed by atoms with Crippen molar-refractivity contribution in [1.82, 2.24) is 24.3 Å². The number of rotatable bonds is 7. The van der Waals surface area contributed by atoms with Crippen LogP contribution < -0.4 is 10.1 Å². The number of hydrogen-bond acceptors (Lipinski definition) is 8. The zero-order valence-electron chi connectivity index (χ0n) is 20.0. The molecule has 1 aliphatic rings. The number of aliphatic hydroxyl groups is 1. The zero-order chi connectivity index (χ0) is 24.0. The molecule has 0 saturated heterocycles. The van der Waals surface area contributed by atoms with Crippen LogP contribution in [0.4, 0.5) is 11.6 Å². The van der Waals surface area contributed by atoms with Gasteiger partial charge < -0.3 is 24.5 Å². The molecule has 10 nitrogen and oxygen atoms in total. The Kier molecular flexibility index (Phi) is 4.20. The van der Waals surface area contributed by atoms with Gasteiger partial charge in [-0.25, -0.2) is 4.98 Å². The third-order valence-electron chi connectivity index (χ3n) is 5.33. The van der Waals surface area contributed by atoms with Crippen LogP contribution in [0.5, 0.6) is 5.88 Å². The van der Waals surface area contributed by atoms with Crippen molar-refractivity contribution in [3.8, 4) is 11.9 Å². The minimum absolute atomic E-state index is 0.0284. The lowest BCUT2D eigenvalue weighted by Gasteiger charge is -2.41. The van der Waals surface area contributed by atoms with Crippen LogP contribution in [0.25, 0.3) is 11.0 Å². The SMILES string of the molecule is [2H]C([2H])([2H])n1cc(Nc2ncc3cc(C#N)n([C@@H](C)COC)c3n2)c(O[C@@H]2CC[C@]2(C)O)n1. The molecule has 0 spiro atoms. The number of methoxy groups -OCH3 is 1. The second-order valence-corrected chi connectivity index (χ2v) is 7.71. The number of nitrogens with zero attached hydrogens (tertiary/aromatic N) is 6. The second-order valence-electron chi connectivity index (χ2n) is 7.71. The molecule has 1 fully saturated rings.